The van der Waals surface area contributed by atoms with E-state index in [0.29, 0.717) is 17.4 Å². The predicted molar refractivity (Wildman–Crippen MR) is 399 cm³/mol. The van der Waals surface area contributed by atoms with Crippen LogP contribution in [0.2, 0.25) is 0 Å². The Kier molecular flexibility index (Phi) is 68.9. The van der Waals surface area contributed by atoms with Gasteiger partial charge in [0.15, 0.2) is 6.10 Å². The fraction of sp³-hybridized carbons (Fsp3) is 0.732. The minimum atomic E-state index is -4.40. The Hall–Kier alpha value is -3.59. The summed E-state index contributed by atoms with van der Waals surface area (Å²) in [5, 5.41) is 0. The van der Waals surface area contributed by atoms with Gasteiger partial charge in [-0.15, -0.1) is 0 Å². The third-order valence-corrected chi connectivity index (χ3v) is 17.5. The van der Waals surface area contributed by atoms with Gasteiger partial charge in [-0.3, -0.25) is 18.6 Å². The summed E-state index contributed by atoms with van der Waals surface area (Å²) in [5.41, 5.74) is 0. The van der Waals surface area contributed by atoms with E-state index in [9.17, 15) is 19.0 Å². The molecule has 0 aliphatic rings. The molecule has 0 bridgehead atoms. The number of ether oxygens (including phenoxy) is 2. The van der Waals surface area contributed by atoms with E-state index in [2.05, 4.69) is 135 Å². The Labute approximate surface area is 568 Å². The lowest BCUT2D eigenvalue weighted by Crippen LogP contribution is -2.37. The molecule has 530 valence electrons. The summed E-state index contributed by atoms with van der Waals surface area (Å²) in [6, 6.07) is 0. The monoisotopic (exact) mass is 1300 g/mol. The van der Waals surface area contributed by atoms with Crippen molar-refractivity contribution in [2.75, 3.05) is 47.5 Å². The lowest BCUT2D eigenvalue weighted by atomic mass is 10.0. The standard InChI is InChI=1S/C82H144NO8P/c1-6-8-10-12-14-16-18-20-22-24-26-28-30-32-34-36-38-39-40-41-42-43-45-46-48-50-52-54-56-58-60-62-64-66-68-70-72-74-81(84)88-78-80(79-90-92(86,87)89-77-76-83(3,4)5)91-82(85)75-73-71-69-67-65-63-61-59-57-55-53-51-49-47-44-37-35-33-31-29-27-25-23-21-19-17-15-13-11-9-7-2/h9,11,15,17-18,20-21,23-24,26-27,29-30,32-33,35,44,47,51,53,80H,6-8,10,12-14,16,19,22,25,28,31,34,36-43,45-46,48-50,52,54-79H2,1-5H3/p+1/b11-9-,17-15-,20-18-,23-21-,26-24-,29-27-,32-30-,35-33-,47-44-,53-51-. The maximum absolute atomic E-state index is 12.9. The second kappa shape index (κ2) is 71.7. The van der Waals surface area contributed by atoms with Crippen molar-refractivity contribution in [3.63, 3.8) is 0 Å². The molecule has 10 heteroatoms. The van der Waals surface area contributed by atoms with Crippen LogP contribution >= 0.6 is 7.82 Å². The highest BCUT2D eigenvalue weighted by Crippen LogP contribution is 2.43. The summed E-state index contributed by atoms with van der Waals surface area (Å²) in [4.78, 5) is 36.0. The molecule has 0 aromatic carbocycles. The summed E-state index contributed by atoms with van der Waals surface area (Å²) < 4.78 is 34.8. The molecule has 0 aromatic rings. The molecular formula is C82H145NO8P+. The largest absolute Gasteiger partial charge is 0.472 e. The van der Waals surface area contributed by atoms with Crippen molar-refractivity contribution in [1.29, 1.82) is 0 Å². The Morgan fingerprint density at radius 2 is 0.620 bits per heavy atom. The summed E-state index contributed by atoms with van der Waals surface area (Å²) in [5.74, 6) is -0.798. The van der Waals surface area contributed by atoms with Crippen molar-refractivity contribution in [3.05, 3.63) is 122 Å². The Balaban J connectivity index is 4.01. The van der Waals surface area contributed by atoms with Crippen LogP contribution in [0.4, 0.5) is 0 Å². The van der Waals surface area contributed by atoms with E-state index in [1.54, 1.807) is 0 Å². The number of phosphoric acid groups is 1. The van der Waals surface area contributed by atoms with Gasteiger partial charge >= 0.3 is 19.8 Å². The number of carbonyl (C=O) groups excluding carboxylic acids is 2. The second-order valence-corrected chi connectivity index (χ2v) is 28.1. The Morgan fingerprint density at radius 3 is 0.924 bits per heavy atom. The van der Waals surface area contributed by atoms with E-state index in [-0.39, 0.29) is 32.0 Å². The zero-order valence-electron chi connectivity index (χ0n) is 60.5. The van der Waals surface area contributed by atoms with Gasteiger partial charge in [0.05, 0.1) is 27.7 Å². The molecule has 92 heavy (non-hydrogen) atoms. The van der Waals surface area contributed by atoms with Crippen LogP contribution in [0.1, 0.15) is 335 Å². The molecule has 0 saturated heterocycles. The molecule has 0 fully saturated rings. The first kappa shape index (κ1) is 88.4. The van der Waals surface area contributed by atoms with Gasteiger partial charge in [0.25, 0.3) is 0 Å². The van der Waals surface area contributed by atoms with Crippen LogP contribution in [-0.4, -0.2) is 74.9 Å². The van der Waals surface area contributed by atoms with Gasteiger partial charge < -0.3 is 18.9 Å². The number of carbonyl (C=O) groups is 2. The number of quaternary nitrogens is 1. The molecule has 0 aliphatic carbocycles. The summed E-state index contributed by atoms with van der Waals surface area (Å²) >= 11 is 0. The molecule has 0 amide bonds. The lowest BCUT2D eigenvalue weighted by molar-refractivity contribution is -0.870. The SMILES string of the molecule is CC/C=C\C/C=C\C/C=C\C/C=C\C/C=C\C/C=C\C/C=C\CCCCCCCCCCCC(=O)OC(COC(=O)CCCCCCCCCCCCCCCCCCCCCCCC/C=C\C/C=C\C/C=C\CCCCCCC)COP(=O)(O)OCC[N+](C)(C)C. The number of hydrogen-bond donors (Lipinski definition) is 1. The summed E-state index contributed by atoms with van der Waals surface area (Å²) in [6.45, 7) is 4.33. The van der Waals surface area contributed by atoms with Crippen molar-refractivity contribution < 1.29 is 42.1 Å². The number of phosphoric ester groups is 1. The van der Waals surface area contributed by atoms with Crippen LogP contribution < -0.4 is 0 Å². The van der Waals surface area contributed by atoms with E-state index in [0.717, 1.165) is 103 Å². The summed E-state index contributed by atoms with van der Waals surface area (Å²) in [6.07, 6.45) is 103. The molecule has 0 rings (SSSR count). The number of hydrogen-bond acceptors (Lipinski definition) is 7. The quantitative estimate of drug-likeness (QED) is 0.0211. The fourth-order valence-electron chi connectivity index (χ4n) is 10.7. The topological polar surface area (TPSA) is 108 Å². The minimum Gasteiger partial charge on any atom is -0.462 e. The van der Waals surface area contributed by atoms with Crippen LogP contribution in [0.5, 0.6) is 0 Å². The van der Waals surface area contributed by atoms with E-state index >= 15 is 0 Å². The lowest BCUT2D eigenvalue weighted by Gasteiger charge is -2.24. The average Bonchev–Trinajstić information content (AvgIpc) is 2.14. The van der Waals surface area contributed by atoms with Crippen molar-refractivity contribution in [1.82, 2.24) is 0 Å². The highest BCUT2D eigenvalue weighted by Gasteiger charge is 2.27. The average molecular weight is 1300 g/mol. The Morgan fingerprint density at radius 1 is 0.348 bits per heavy atom. The maximum atomic E-state index is 12.9. The van der Waals surface area contributed by atoms with Gasteiger partial charge in [0.1, 0.15) is 19.8 Å². The smallest absolute Gasteiger partial charge is 0.462 e. The van der Waals surface area contributed by atoms with Crippen molar-refractivity contribution in [2.45, 2.75) is 341 Å². The summed E-state index contributed by atoms with van der Waals surface area (Å²) in [7, 11) is 1.47. The van der Waals surface area contributed by atoms with Gasteiger partial charge in [0.2, 0.25) is 0 Å². The zero-order valence-corrected chi connectivity index (χ0v) is 61.4. The van der Waals surface area contributed by atoms with Gasteiger partial charge in [-0.25, -0.2) is 4.57 Å². The number of nitrogens with zero attached hydrogens (tertiary/aromatic N) is 1. The van der Waals surface area contributed by atoms with E-state index in [4.69, 9.17) is 18.5 Å². The highest BCUT2D eigenvalue weighted by atomic mass is 31.2. The van der Waals surface area contributed by atoms with Crippen molar-refractivity contribution >= 4 is 19.8 Å². The number of likely N-dealkylation sites (N-methyl/N-ethyl adjacent to an activating group) is 1. The third-order valence-electron chi connectivity index (χ3n) is 16.5. The molecule has 1 N–H and O–H groups in total. The number of allylic oxidation sites excluding steroid dienone is 20. The zero-order chi connectivity index (χ0) is 66.9. The molecular weight excluding hydrogens is 1160 g/mol. The second-order valence-electron chi connectivity index (χ2n) is 26.7. The number of esters is 2. The van der Waals surface area contributed by atoms with Crippen molar-refractivity contribution in [3.8, 4) is 0 Å². The van der Waals surface area contributed by atoms with Crippen molar-refractivity contribution in [2.24, 2.45) is 0 Å². The first-order valence-corrected chi connectivity index (χ1v) is 39.8. The van der Waals surface area contributed by atoms with Crippen LogP contribution in [0.25, 0.3) is 0 Å². The van der Waals surface area contributed by atoms with E-state index in [1.165, 1.54) is 199 Å². The molecule has 9 nitrogen and oxygen atoms in total. The highest BCUT2D eigenvalue weighted by molar-refractivity contribution is 7.47. The van der Waals surface area contributed by atoms with Gasteiger partial charge in [0, 0.05) is 12.8 Å². The molecule has 0 saturated carbocycles. The Bertz CT molecular complexity index is 1970. The molecule has 0 radical (unpaired) electrons. The number of rotatable bonds is 70. The molecule has 2 unspecified atom stereocenters. The van der Waals surface area contributed by atoms with E-state index in [1.807, 2.05) is 21.1 Å². The minimum absolute atomic E-state index is 0.0265. The third kappa shape index (κ3) is 75.4. The predicted octanol–water partition coefficient (Wildman–Crippen LogP) is 25.4. The van der Waals surface area contributed by atoms with Gasteiger partial charge in [-0.05, 0) is 109 Å². The fourth-order valence-corrected chi connectivity index (χ4v) is 11.4. The number of unbranched alkanes of at least 4 members (excludes halogenated alkanes) is 36. The van der Waals surface area contributed by atoms with Crippen LogP contribution in [0.15, 0.2) is 122 Å². The van der Waals surface area contributed by atoms with Crippen LogP contribution in [0, 0.1) is 0 Å². The van der Waals surface area contributed by atoms with Crippen LogP contribution in [-0.2, 0) is 32.7 Å². The molecule has 0 spiro atoms. The van der Waals surface area contributed by atoms with Crippen LogP contribution in [0.3, 0.4) is 0 Å². The maximum Gasteiger partial charge on any atom is 0.472 e. The van der Waals surface area contributed by atoms with Gasteiger partial charge in [-0.2, -0.15) is 0 Å². The molecule has 0 heterocycles. The molecule has 0 aromatic heterocycles. The normalized spacial score (nSPS) is 13.8. The first-order chi connectivity index (χ1) is 45.0. The molecule has 0 aliphatic heterocycles. The van der Waals surface area contributed by atoms with E-state index < -0.39 is 26.5 Å². The van der Waals surface area contributed by atoms with Gasteiger partial charge in [-0.1, -0.05) is 334 Å². The molecule has 2 atom stereocenters. The first-order valence-electron chi connectivity index (χ1n) is 38.3.